The first-order chi connectivity index (χ1) is 12.2. The molecule has 9 nitrogen and oxygen atoms in total. The average molecular weight is 385 g/mol. The summed E-state index contributed by atoms with van der Waals surface area (Å²) in [5.41, 5.74) is 0. The van der Waals surface area contributed by atoms with Crippen LogP contribution in [0.15, 0.2) is 22.8 Å². The predicted molar refractivity (Wildman–Crippen MR) is 96.2 cm³/mol. The third-order valence-electron chi connectivity index (χ3n) is 4.53. The summed E-state index contributed by atoms with van der Waals surface area (Å²) in [4.78, 5) is 16.5. The molecular weight excluding hydrogens is 360 g/mol. The van der Waals surface area contributed by atoms with Crippen LogP contribution in [0.25, 0.3) is 0 Å². The summed E-state index contributed by atoms with van der Waals surface area (Å²) >= 11 is 0. The zero-order chi connectivity index (χ0) is 17.6. The van der Waals surface area contributed by atoms with Crippen molar-refractivity contribution in [1.82, 2.24) is 30.0 Å². The van der Waals surface area contributed by atoms with E-state index in [1.807, 2.05) is 4.90 Å². The molecule has 0 N–H and O–H groups in total. The van der Waals surface area contributed by atoms with E-state index < -0.39 is 0 Å². The van der Waals surface area contributed by atoms with E-state index in [1.54, 1.807) is 23.9 Å². The lowest BCUT2D eigenvalue weighted by Gasteiger charge is -2.38. The number of rotatable bonds is 7. The smallest absolute Gasteiger partial charge is 0.289 e. The molecule has 1 aliphatic heterocycles. The summed E-state index contributed by atoms with van der Waals surface area (Å²) in [7, 11) is 1.66. The van der Waals surface area contributed by atoms with Gasteiger partial charge >= 0.3 is 0 Å². The van der Waals surface area contributed by atoms with Gasteiger partial charge in [0.1, 0.15) is 0 Å². The van der Waals surface area contributed by atoms with Gasteiger partial charge in [0.05, 0.1) is 25.5 Å². The first kappa shape index (κ1) is 20.3. The Balaban J connectivity index is 0.00000243. The van der Waals surface area contributed by atoms with Crippen molar-refractivity contribution in [3.05, 3.63) is 30.0 Å². The molecule has 0 radical (unpaired) electrons. The summed E-state index contributed by atoms with van der Waals surface area (Å²) in [5.74, 6) is 1.19. The van der Waals surface area contributed by atoms with E-state index in [0.29, 0.717) is 32.0 Å². The van der Waals surface area contributed by atoms with Crippen molar-refractivity contribution in [3.63, 3.8) is 0 Å². The number of halogens is 1. The summed E-state index contributed by atoms with van der Waals surface area (Å²) in [5, 5.41) is 12.1. The Morgan fingerprint density at radius 1 is 1.35 bits per heavy atom. The summed E-state index contributed by atoms with van der Waals surface area (Å²) < 4.78 is 12.1. The second-order valence-electron chi connectivity index (χ2n) is 5.98. The van der Waals surface area contributed by atoms with Crippen LogP contribution in [0, 0.1) is 0 Å². The summed E-state index contributed by atoms with van der Waals surface area (Å²) in [6.45, 7) is 6.21. The number of carbonyl (C=O) groups is 1. The normalized spacial score (nSPS) is 16.3. The first-order valence-corrected chi connectivity index (χ1v) is 8.56. The highest BCUT2D eigenvalue weighted by Gasteiger charge is 2.30. The van der Waals surface area contributed by atoms with Gasteiger partial charge in [0.15, 0.2) is 11.6 Å². The van der Waals surface area contributed by atoms with Gasteiger partial charge in [0.2, 0.25) is 0 Å². The molecule has 10 heteroatoms. The molecule has 1 saturated heterocycles. The number of aromatic nitrogens is 4. The minimum absolute atomic E-state index is 0. The Labute approximate surface area is 158 Å². The number of ether oxygens (including phenoxy) is 1. The van der Waals surface area contributed by atoms with Gasteiger partial charge in [-0.25, -0.2) is 4.68 Å². The first-order valence-electron chi connectivity index (χ1n) is 8.56. The number of furan rings is 1. The fourth-order valence-corrected chi connectivity index (χ4v) is 3.18. The van der Waals surface area contributed by atoms with Gasteiger partial charge in [-0.2, -0.15) is 0 Å². The van der Waals surface area contributed by atoms with Crippen LogP contribution >= 0.6 is 12.4 Å². The molecule has 0 saturated carbocycles. The predicted octanol–water partition coefficient (Wildman–Crippen LogP) is 1.24. The van der Waals surface area contributed by atoms with Gasteiger partial charge in [0.25, 0.3) is 5.91 Å². The number of nitrogens with zero attached hydrogens (tertiary/aromatic N) is 6. The van der Waals surface area contributed by atoms with Crippen molar-refractivity contribution in [2.45, 2.75) is 25.9 Å². The molecule has 3 heterocycles. The SMILES string of the molecule is CCC(c1nnnn1CCOC)N1CCN(C(=O)c2ccco2)CC1.Cl. The second-order valence-corrected chi connectivity index (χ2v) is 5.98. The third-order valence-corrected chi connectivity index (χ3v) is 4.53. The molecule has 26 heavy (non-hydrogen) atoms. The molecule has 1 fully saturated rings. The highest BCUT2D eigenvalue weighted by molar-refractivity contribution is 5.91. The number of carbonyl (C=O) groups excluding carboxylic acids is 1. The third kappa shape index (κ3) is 4.40. The molecule has 1 atom stereocenters. The van der Waals surface area contributed by atoms with Gasteiger partial charge in [-0.05, 0) is 29.0 Å². The molecular formula is C16H25ClN6O3. The van der Waals surface area contributed by atoms with Crippen LogP contribution in [0.1, 0.15) is 35.8 Å². The minimum Gasteiger partial charge on any atom is -0.459 e. The van der Waals surface area contributed by atoms with E-state index in [-0.39, 0.29) is 24.4 Å². The van der Waals surface area contributed by atoms with Crippen LogP contribution in [0.5, 0.6) is 0 Å². The van der Waals surface area contributed by atoms with E-state index in [4.69, 9.17) is 9.15 Å². The summed E-state index contributed by atoms with van der Waals surface area (Å²) in [6.07, 6.45) is 2.43. The Bertz CT molecular complexity index is 669. The fraction of sp³-hybridized carbons (Fsp3) is 0.625. The number of methoxy groups -OCH3 is 1. The van der Waals surface area contributed by atoms with Crippen molar-refractivity contribution in [2.24, 2.45) is 0 Å². The van der Waals surface area contributed by atoms with Crippen molar-refractivity contribution in [2.75, 3.05) is 39.9 Å². The van der Waals surface area contributed by atoms with Crippen molar-refractivity contribution in [1.29, 1.82) is 0 Å². The van der Waals surface area contributed by atoms with Gasteiger partial charge in [-0.3, -0.25) is 9.69 Å². The topological polar surface area (TPSA) is 89.5 Å². The molecule has 3 rings (SSSR count). The van der Waals surface area contributed by atoms with Crippen LogP contribution in [-0.4, -0.2) is 75.8 Å². The van der Waals surface area contributed by atoms with Gasteiger partial charge in [-0.15, -0.1) is 17.5 Å². The quantitative estimate of drug-likeness (QED) is 0.709. The van der Waals surface area contributed by atoms with Crippen LogP contribution in [0.2, 0.25) is 0 Å². The molecule has 1 unspecified atom stereocenters. The maximum Gasteiger partial charge on any atom is 0.289 e. The van der Waals surface area contributed by atoms with Crippen LogP contribution in [0.3, 0.4) is 0 Å². The molecule has 1 amide bonds. The van der Waals surface area contributed by atoms with E-state index in [0.717, 1.165) is 25.3 Å². The lowest BCUT2D eigenvalue weighted by molar-refractivity contribution is 0.0519. The van der Waals surface area contributed by atoms with Crippen LogP contribution < -0.4 is 0 Å². The van der Waals surface area contributed by atoms with Gasteiger partial charge < -0.3 is 14.1 Å². The largest absolute Gasteiger partial charge is 0.459 e. The maximum absolute atomic E-state index is 12.4. The van der Waals surface area contributed by atoms with Crippen molar-refractivity contribution >= 4 is 18.3 Å². The van der Waals surface area contributed by atoms with Crippen molar-refractivity contribution in [3.8, 4) is 0 Å². The lowest BCUT2D eigenvalue weighted by Crippen LogP contribution is -2.50. The number of piperazine rings is 1. The van der Waals surface area contributed by atoms with E-state index in [2.05, 4.69) is 27.3 Å². The van der Waals surface area contributed by atoms with Crippen LogP contribution in [0.4, 0.5) is 0 Å². The molecule has 0 spiro atoms. The zero-order valence-corrected chi connectivity index (χ0v) is 15.9. The Hall–Kier alpha value is -1.97. The second kappa shape index (κ2) is 9.65. The molecule has 0 bridgehead atoms. The van der Waals surface area contributed by atoms with Gasteiger partial charge in [0, 0.05) is 33.3 Å². The lowest BCUT2D eigenvalue weighted by atomic mass is 10.1. The molecule has 1 aliphatic rings. The van der Waals surface area contributed by atoms with E-state index in [9.17, 15) is 4.79 Å². The summed E-state index contributed by atoms with van der Waals surface area (Å²) in [6, 6.07) is 3.57. The molecule has 0 aliphatic carbocycles. The van der Waals surface area contributed by atoms with Gasteiger partial charge in [-0.1, -0.05) is 6.92 Å². The zero-order valence-electron chi connectivity index (χ0n) is 15.1. The Morgan fingerprint density at radius 3 is 2.73 bits per heavy atom. The van der Waals surface area contributed by atoms with E-state index in [1.165, 1.54) is 6.26 Å². The number of amides is 1. The fourth-order valence-electron chi connectivity index (χ4n) is 3.18. The van der Waals surface area contributed by atoms with Crippen molar-refractivity contribution < 1.29 is 13.9 Å². The Morgan fingerprint density at radius 2 is 2.12 bits per heavy atom. The monoisotopic (exact) mass is 384 g/mol. The maximum atomic E-state index is 12.4. The molecule has 144 valence electrons. The van der Waals surface area contributed by atoms with Crippen LogP contribution in [-0.2, 0) is 11.3 Å². The van der Waals surface area contributed by atoms with E-state index >= 15 is 0 Å². The number of tetrazole rings is 1. The molecule has 2 aromatic rings. The minimum atomic E-state index is -0.0531. The number of hydrogen-bond donors (Lipinski definition) is 0. The average Bonchev–Trinajstić information content (AvgIpc) is 3.33. The molecule has 2 aromatic heterocycles. The standard InChI is InChI=1S/C16H24N6O3.ClH/c1-3-13(15-17-18-19-22(15)10-12-24-2)20-6-8-21(9-7-20)16(23)14-5-4-11-25-14;/h4-5,11,13H,3,6-10,12H2,1-2H3;1H. The highest BCUT2D eigenvalue weighted by atomic mass is 35.5. The number of hydrogen-bond acceptors (Lipinski definition) is 7. The molecule has 0 aromatic carbocycles. The Kier molecular flexibility index (Phi) is 7.55. The highest BCUT2D eigenvalue weighted by Crippen LogP contribution is 2.23.